The van der Waals surface area contributed by atoms with Crippen molar-refractivity contribution in [1.29, 1.82) is 0 Å². The number of morpholine rings is 1. The predicted octanol–water partition coefficient (Wildman–Crippen LogP) is 2.01. The first-order valence-electron chi connectivity index (χ1n) is 10.4. The Morgan fingerprint density at radius 3 is 2.52 bits per heavy atom. The van der Waals surface area contributed by atoms with Crippen molar-refractivity contribution in [2.45, 2.75) is 45.6 Å². The van der Waals surface area contributed by atoms with Crippen LogP contribution < -0.4 is 15.4 Å². The predicted molar refractivity (Wildman–Crippen MR) is 116 cm³/mol. The minimum Gasteiger partial charge on any atom is -0.378 e. The first-order valence-corrected chi connectivity index (χ1v) is 10.4. The minimum atomic E-state index is 0.00628. The maximum Gasteiger partial charge on any atom is 0.255 e. The van der Waals surface area contributed by atoms with Gasteiger partial charge in [0.1, 0.15) is 0 Å². The second-order valence-corrected chi connectivity index (χ2v) is 8.50. The number of ether oxygens (including phenoxy) is 1. The van der Waals surface area contributed by atoms with Gasteiger partial charge in [0.2, 0.25) is 5.95 Å². The lowest BCUT2D eigenvalue weighted by Gasteiger charge is -2.36. The summed E-state index contributed by atoms with van der Waals surface area (Å²) >= 11 is 0. The van der Waals surface area contributed by atoms with Crippen LogP contribution in [0.2, 0.25) is 0 Å². The van der Waals surface area contributed by atoms with Crippen LogP contribution in [0.4, 0.5) is 11.6 Å². The van der Waals surface area contributed by atoms with Crippen molar-refractivity contribution in [3.05, 3.63) is 51.4 Å². The number of nitrogens with one attached hydrogen (secondary N) is 1. The molecule has 2 aromatic rings. The number of H-pyrrole nitrogens is 1. The van der Waals surface area contributed by atoms with E-state index >= 15 is 0 Å². The van der Waals surface area contributed by atoms with Crippen molar-refractivity contribution in [3.63, 3.8) is 0 Å². The highest BCUT2D eigenvalue weighted by molar-refractivity contribution is 5.46. The largest absolute Gasteiger partial charge is 0.378 e. The Kier molecular flexibility index (Phi) is 5.61. The molecule has 0 spiro atoms. The van der Waals surface area contributed by atoms with E-state index in [9.17, 15) is 4.79 Å². The molecule has 4 rings (SSSR count). The molecule has 0 bridgehead atoms. The number of fused-ring (bicyclic) bond motifs is 1. The van der Waals surface area contributed by atoms with Gasteiger partial charge in [0.25, 0.3) is 5.56 Å². The van der Waals surface area contributed by atoms with Crippen LogP contribution in [0, 0.1) is 0 Å². The minimum absolute atomic E-state index is 0.00628. The molecule has 2 aliphatic rings. The summed E-state index contributed by atoms with van der Waals surface area (Å²) < 4.78 is 5.81. The number of hydrogen-bond donors (Lipinski definition) is 1. The number of nitrogens with zero attached hydrogens (tertiary/aromatic N) is 4. The Morgan fingerprint density at radius 2 is 1.86 bits per heavy atom. The Morgan fingerprint density at radius 1 is 1.17 bits per heavy atom. The van der Waals surface area contributed by atoms with Crippen molar-refractivity contribution >= 4 is 11.6 Å². The Hall–Kier alpha value is -2.38. The zero-order chi connectivity index (χ0) is 20.5. The van der Waals surface area contributed by atoms with E-state index in [1.165, 1.54) is 11.3 Å². The molecule has 0 unspecified atom stereocenters. The number of hydrogen-bond acceptors (Lipinski definition) is 6. The topological polar surface area (TPSA) is 64.7 Å². The van der Waals surface area contributed by atoms with Crippen LogP contribution in [-0.2, 0) is 24.2 Å². The number of benzene rings is 1. The summed E-state index contributed by atoms with van der Waals surface area (Å²) in [4.78, 5) is 27.2. The monoisotopic (exact) mass is 397 g/mol. The summed E-state index contributed by atoms with van der Waals surface area (Å²) in [6.45, 7) is 8.05. The lowest BCUT2D eigenvalue weighted by Crippen LogP contribution is -2.47. The van der Waals surface area contributed by atoms with Crippen LogP contribution in [-0.4, -0.2) is 60.8 Å². The summed E-state index contributed by atoms with van der Waals surface area (Å²) in [6.07, 6.45) is 0.993. The number of aromatic amines is 1. The van der Waals surface area contributed by atoms with Gasteiger partial charge in [-0.1, -0.05) is 12.1 Å². The van der Waals surface area contributed by atoms with Gasteiger partial charge in [-0.2, -0.15) is 0 Å². The molecule has 1 N–H and O–H groups in total. The molecule has 1 aromatic heterocycles. The van der Waals surface area contributed by atoms with E-state index in [-0.39, 0.29) is 17.8 Å². The van der Waals surface area contributed by atoms with Crippen LogP contribution >= 0.6 is 0 Å². The first-order chi connectivity index (χ1) is 13.9. The van der Waals surface area contributed by atoms with E-state index < -0.39 is 0 Å². The standard InChI is InChI=1S/C22H31N5O2/c1-15-11-27(12-16(2)29-15)22-23-20-14-26(10-9-19(20)21(28)24-22)13-17-5-7-18(8-6-17)25(3)4/h5-8,15-16H,9-14H2,1-4H3,(H,23,24,28)/t15-,16-/m0/s1. The van der Waals surface area contributed by atoms with Crippen LogP contribution in [0.15, 0.2) is 29.1 Å². The van der Waals surface area contributed by atoms with Crippen LogP contribution in [0.5, 0.6) is 0 Å². The molecule has 2 atom stereocenters. The third kappa shape index (κ3) is 4.46. The van der Waals surface area contributed by atoms with Crippen molar-refractivity contribution < 1.29 is 4.74 Å². The molecule has 0 aliphatic carbocycles. The maximum atomic E-state index is 12.7. The Balaban J connectivity index is 1.50. The summed E-state index contributed by atoms with van der Waals surface area (Å²) in [7, 11) is 4.10. The SMILES string of the molecule is C[C@H]1CN(c2nc3c(c(=O)[nH]2)CCN(Cc2ccc(N(C)C)cc2)C3)C[C@H](C)O1. The molecule has 156 valence electrons. The van der Waals surface area contributed by atoms with Crippen molar-refractivity contribution in [2.24, 2.45) is 0 Å². The van der Waals surface area contributed by atoms with Crippen LogP contribution in [0.1, 0.15) is 30.7 Å². The molecular formula is C22H31N5O2. The number of anilines is 2. The molecule has 1 saturated heterocycles. The van der Waals surface area contributed by atoms with Crippen molar-refractivity contribution in [3.8, 4) is 0 Å². The molecule has 1 aromatic carbocycles. The number of rotatable bonds is 4. The van der Waals surface area contributed by atoms with Gasteiger partial charge in [0.15, 0.2) is 0 Å². The third-order valence-electron chi connectivity index (χ3n) is 5.72. The lowest BCUT2D eigenvalue weighted by molar-refractivity contribution is -0.00576. The molecule has 3 heterocycles. The average molecular weight is 398 g/mol. The zero-order valence-corrected chi connectivity index (χ0v) is 17.8. The van der Waals surface area contributed by atoms with Crippen molar-refractivity contribution in [2.75, 3.05) is 43.5 Å². The smallest absolute Gasteiger partial charge is 0.255 e. The highest BCUT2D eigenvalue weighted by Gasteiger charge is 2.27. The fraction of sp³-hybridized carbons (Fsp3) is 0.545. The number of aromatic nitrogens is 2. The van der Waals surface area contributed by atoms with Gasteiger partial charge in [0, 0.05) is 58.1 Å². The van der Waals surface area contributed by atoms with E-state index in [2.05, 4.69) is 57.8 Å². The second kappa shape index (κ2) is 8.16. The normalized spacial score (nSPS) is 22.4. The van der Waals surface area contributed by atoms with Gasteiger partial charge < -0.3 is 14.5 Å². The summed E-state index contributed by atoms with van der Waals surface area (Å²) in [6, 6.07) is 8.65. The summed E-state index contributed by atoms with van der Waals surface area (Å²) in [5, 5.41) is 0. The molecule has 7 heteroatoms. The Bertz CT molecular complexity index is 898. The average Bonchev–Trinajstić information content (AvgIpc) is 2.67. The van der Waals surface area contributed by atoms with Crippen LogP contribution in [0.3, 0.4) is 0 Å². The lowest BCUT2D eigenvalue weighted by atomic mass is 10.1. The Labute approximate surface area is 172 Å². The van der Waals surface area contributed by atoms with E-state index in [0.29, 0.717) is 12.5 Å². The van der Waals surface area contributed by atoms with Gasteiger partial charge in [-0.25, -0.2) is 4.98 Å². The van der Waals surface area contributed by atoms with Gasteiger partial charge in [-0.15, -0.1) is 0 Å². The molecule has 7 nitrogen and oxygen atoms in total. The first kappa shape index (κ1) is 19.9. The molecule has 0 radical (unpaired) electrons. The molecule has 2 aliphatic heterocycles. The molecule has 29 heavy (non-hydrogen) atoms. The maximum absolute atomic E-state index is 12.7. The fourth-order valence-corrected chi connectivity index (χ4v) is 4.27. The second-order valence-electron chi connectivity index (χ2n) is 8.50. The zero-order valence-electron chi connectivity index (χ0n) is 17.8. The molecule has 1 fully saturated rings. The molecular weight excluding hydrogens is 366 g/mol. The highest BCUT2D eigenvalue weighted by Crippen LogP contribution is 2.21. The highest BCUT2D eigenvalue weighted by atomic mass is 16.5. The van der Waals surface area contributed by atoms with Gasteiger partial charge >= 0.3 is 0 Å². The molecule has 0 saturated carbocycles. The van der Waals surface area contributed by atoms with Crippen LogP contribution in [0.25, 0.3) is 0 Å². The van der Waals surface area contributed by atoms with E-state index in [0.717, 1.165) is 43.9 Å². The van der Waals surface area contributed by atoms with Crippen molar-refractivity contribution in [1.82, 2.24) is 14.9 Å². The van der Waals surface area contributed by atoms with E-state index in [1.807, 2.05) is 14.1 Å². The third-order valence-corrected chi connectivity index (χ3v) is 5.72. The van der Waals surface area contributed by atoms with E-state index in [4.69, 9.17) is 9.72 Å². The van der Waals surface area contributed by atoms with Gasteiger partial charge in [-0.3, -0.25) is 14.7 Å². The van der Waals surface area contributed by atoms with Gasteiger partial charge in [0.05, 0.1) is 17.9 Å². The van der Waals surface area contributed by atoms with Gasteiger partial charge in [-0.05, 0) is 38.0 Å². The summed E-state index contributed by atoms with van der Waals surface area (Å²) in [5.74, 6) is 0.674. The molecule has 0 amide bonds. The van der Waals surface area contributed by atoms with E-state index in [1.54, 1.807) is 0 Å². The quantitative estimate of drug-likeness (QED) is 0.852. The summed E-state index contributed by atoms with van der Waals surface area (Å²) in [5.41, 5.74) is 4.23. The fourth-order valence-electron chi connectivity index (χ4n) is 4.27.